The van der Waals surface area contributed by atoms with Crippen molar-refractivity contribution in [1.82, 2.24) is 20.2 Å². The number of hydrogen-bond donors (Lipinski definition) is 1. The van der Waals surface area contributed by atoms with Gasteiger partial charge < -0.3 is 14.8 Å². The lowest BCUT2D eigenvalue weighted by Gasteiger charge is -2.50. The number of hydrogen-bond acceptors (Lipinski definition) is 7. The van der Waals surface area contributed by atoms with Crippen molar-refractivity contribution in [3.05, 3.63) is 81.8 Å². The number of rotatable bonds is 11. The molecule has 50 heavy (non-hydrogen) atoms. The van der Waals surface area contributed by atoms with Gasteiger partial charge in [0.05, 0.1) is 35.7 Å². The van der Waals surface area contributed by atoms with Crippen LogP contribution in [-0.2, 0) is 16.0 Å². The van der Waals surface area contributed by atoms with E-state index in [0.29, 0.717) is 58.2 Å². The van der Waals surface area contributed by atoms with Crippen LogP contribution in [0.4, 0.5) is 0 Å². The second-order valence-corrected chi connectivity index (χ2v) is 14.7. The second-order valence-electron chi connectivity index (χ2n) is 14.0. The summed E-state index contributed by atoms with van der Waals surface area (Å²) < 4.78 is 11.5. The first-order chi connectivity index (χ1) is 24.2. The highest BCUT2D eigenvalue weighted by atomic mass is 35.5. The zero-order valence-electron chi connectivity index (χ0n) is 28.7. The summed E-state index contributed by atoms with van der Waals surface area (Å²) in [5.41, 5.74) is 6.71. The number of carbonyl (C=O) groups is 2. The molecule has 0 radical (unpaired) electrons. The van der Waals surface area contributed by atoms with Gasteiger partial charge in [0.15, 0.2) is 0 Å². The Kier molecular flexibility index (Phi) is 9.88. The lowest BCUT2D eigenvalue weighted by Crippen LogP contribution is -2.55. The third-order valence-electron chi connectivity index (χ3n) is 10.7. The van der Waals surface area contributed by atoms with Gasteiger partial charge in [0, 0.05) is 83.2 Å². The number of aromatic nitrogens is 2. The van der Waals surface area contributed by atoms with Crippen molar-refractivity contribution in [3.63, 3.8) is 0 Å². The van der Waals surface area contributed by atoms with Gasteiger partial charge >= 0.3 is 0 Å². The summed E-state index contributed by atoms with van der Waals surface area (Å²) in [6, 6.07) is 20.2. The Hall–Kier alpha value is -3.98. The van der Waals surface area contributed by atoms with Gasteiger partial charge in [0.1, 0.15) is 5.78 Å². The van der Waals surface area contributed by atoms with Gasteiger partial charge in [-0.1, -0.05) is 65.7 Å². The van der Waals surface area contributed by atoms with Gasteiger partial charge in [-0.05, 0) is 57.2 Å². The smallest absolute Gasteiger partial charge is 0.220 e. The van der Waals surface area contributed by atoms with Crippen LogP contribution in [0.25, 0.3) is 33.6 Å². The molecular weight excluding hydrogens is 671 g/mol. The maximum atomic E-state index is 11.9. The Balaban J connectivity index is 1.11. The van der Waals surface area contributed by atoms with E-state index in [0.717, 1.165) is 78.6 Å². The number of ketones is 1. The maximum Gasteiger partial charge on any atom is 0.220 e. The molecule has 2 aromatic heterocycles. The van der Waals surface area contributed by atoms with E-state index in [4.69, 9.17) is 42.6 Å². The molecule has 0 bridgehead atoms. The van der Waals surface area contributed by atoms with Crippen LogP contribution in [0, 0.1) is 5.41 Å². The van der Waals surface area contributed by atoms with E-state index in [9.17, 15) is 9.59 Å². The zero-order valence-corrected chi connectivity index (χ0v) is 30.2. The lowest BCUT2D eigenvalue weighted by molar-refractivity contribution is -0.120. The third kappa shape index (κ3) is 6.73. The first kappa shape index (κ1) is 34.5. The van der Waals surface area contributed by atoms with Crippen molar-refractivity contribution in [2.75, 3.05) is 27.3 Å². The zero-order chi connectivity index (χ0) is 35.0. The van der Waals surface area contributed by atoms with Crippen LogP contribution in [-0.4, -0.2) is 59.9 Å². The van der Waals surface area contributed by atoms with Crippen molar-refractivity contribution in [3.8, 4) is 45.4 Å². The quantitative estimate of drug-likeness (QED) is 0.167. The lowest BCUT2D eigenvalue weighted by atomic mass is 9.77. The van der Waals surface area contributed by atoms with Crippen LogP contribution in [0.15, 0.2) is 60.7 Å². The molecule has 4 aromatic rings. The van der Waals surface area contributed by atoms with E-state index in [1.54, 1.807) is 14.2 Å². The largest absolute Gasteiger partial charge is 0.481 e. The Labute approximate surface area is 303 Å². The summed E-state index contributed by atoms with van der Waals surface area (Å²) in [6.07, 6.45) is 6.58. The Morgan fingerprint density at radius 2 is 1.48 bits per heavy atom. The van der Waals surface area contributed by atoms with Gasteiger partial charge in [-0.3, -0.25) is 14.5 Å². The number of pyridine rings is 2. The van der Waals surface area contributed by atoms with Gasteiger partial charge in [-0.15, -0.1) is 0 Å². The van der Waals surface area contributed by atoms with Crippen molar-refractivity contribution >= 4 is 34.9 Å². The van der Waals surface area contributed by atoms with Crippen LogP contribution >= 0.6 is 23.2 Å². The van der Waals surface area contributed by atoms with Gasteiger partial charge in [-0.25, -0.2) is 9.97 Å². The minimum absolute atomic E-state index is 0.110. The number of ether oxygens (including phenoxy) is 2. The van der Waals surface area contributed by atoms with Crippen LogP contribution in [0.3, 0.4) is 0 Å². The molecule has 4 heterocycles. The molecule has 3 aliphatic rings. The van der Waals surface area contributed by atoms with E-state index in [-0.39, 0.29) is 23.4 Å². The van der Waals surface area contributed by atoms with Crippen molar-refractivity contribution in [2.45, 2.75) is 70.4 Å². The highest BCUT2D eigenvalue weighted by Gasteiger charge is 2.49. The molecule has 260 valence electrons. The second kappa shape index (κ2) is 14.3. The monoisotopic (exact) mass is 712 g/mol. The molecule has 1 N–H and O–H groups in total. The molecule has 1 amide bonds. The summed E-state index contributed by atoms with van der Waals surface area (Å²) in [5, 5.41) is 4.12. The summed E-state index contributed by atoms with van der Waals surface area (Å²) in [6.45, 7) is 4.02. The van der Waals surface area contributed by atoms with Crippen LogP contribution in [0.5, 0.6) is 11.8 Å². The molecule has 8 nitrogen and oxygen atoms in total. The molecule has 10 heteroatoms. The van der Waals surface area contributed by atoms with Crippen LogP contribution in [0.2, 0.25) is 10.0 Å². The first-order valence-electron chi connectivity index (χ1n) is 17.4. The van der Waals surface area contributed by atoms with Crippen molar-refractivity contribution in [1.29, 1.82) is 0 Å². The normalized spacial score (nSPS) is 19.0. The highest BCUT2D eigenvalue weighted by Crippen LogP contribution is 2.48. The number of nitrogens with one attached hydrogen (secondary N) is 1. The number of methoxy groups -OCH3 is 2. The molecule has 1 aliphatic carbocycles. The minimum atomic E-state index is 0.110. The molecule has 2 aliphatic heterocycles. The van der Waals surface area contributed by atoms with Crippen LogP contribution in [0.1, 0.15) is 69.0 Å². The van der Waals surface area contributed by atoms with Gasteiger partial charge in [0.25, 0.3) is 0 Å². The highest BCUT2D eigenvalue weighted by molar-refractivity contribution is 6.39. The predicted molar refractivity (Wildman–Crippen MR) is 197 cm³/mol. The fourth-order valence-corrected chi connectivity index (χ4v) is 8.58. The number of amides is 1. The predicted octanol–water partition coefficient (Wildman–Crippen LogP) is 8.52. The topological polar surface area (TPSA) is 93.7 Å². The molecule has 7 rings (SSSR count). The van der Waals surface area contributed by atoms with Gasteiger partial charge in [-0.2, -0.15) is 0 Å². The SMILES string of the molecule is COc1nc(-c2cccc(-c3cccc(-c4ccc([C@H](C)N5CC6(CCC(=O)C6)C5)c(OC)n4)c3Cl)c2Cl)ccc1CCC[C@@H]1CCC(=O)N1. The molecular formula is C40H42Cl2N4O4. The van der Waals surface area contributed by atoms with E-state index in [2.05, 4.69) is 23.2 Å². The number of carbonyl (C=O) groups excluding carboxylic acids is 2. The van der Waals surface area contributed by atoms with Crippen molar-refractivity contribution < 1.29 is 19.1 Å². The number of likely N-dealkylation sites (tertiary alicyclic amines) is 1. The van der Waals surface area contributed by atoms with E-state index >= 15 is 0 Å². The minimum Gasteiger partial charge on any atom is -0.481 e. The molecule has 1 saturated carbocycles. The fraction of sp³-hybridized carbons (Fsp3) is 0.400. The Morgan fingerprint density at radius 3 is 2.06 bits per heavy atom. The van der Waals surface area contributed by atoms with E-state index in [1.165, 1.54) is 0 Å². The summed E-state index contributed by atoms with van der Waals surface area (Å²) in [4.78, 5) is 35.6. The number of halogens is 2. The number of aryl methyl sites for hydroxylation is 1. The maximum absolute atomic E-state index is 11.9. The summed E-state index contributed by atoms with van der Waals surface area (Å²) in [5.74, 6) is 1.66. The van der Waals surface area contributed by atoms with Gasteiger partial charge in [0.2, 0.25) is 17.7 Å². The number of nitrogens with zero attached hydrogens (tertiary/aromatic N) is 3. The Bertz CT molecular complexity index is 1940. The molecule has 2 saturated heterocycles. The average molecular weight is 714 g/mol. The van der Waals surface area contributed by atoms with Crippen LogP contribution < -0.4 is 14.8 Å². The van der Waals surface area contributed by atoms with E-state index in [1.807, 2.05) is 54.6 Å². The molecule has 2 aromatic carbocycles. The Morgan fingerprint density at radius 1 is 0.860 bits per heavy atom. The number of Topliss-reactive ketones (excluding diaryl/α,β-unsaturated/α-hetero) is 1. The third-order valence-corrected chi connectivity index (χ3v) is 11.5. The summed E-state index contributed by atoms with van der Waals surface area (Å²) in [7, 11) is 3.28. The molecule has 3 fully saturated rings. The first-order valence-corrected chi connectivity index (χ1v) is 18.2. The van der Waals surface area contributed by atoms with Crippen molar-refractivity contribution in [2.24, 2.45) is 5.41 Å². The molecule has 0 unspecified atom stereocenters. The number of benzene rings is 2. The standard InChI is InChI=1S/C40H42Cl2N4O4/c1-24(46-22-40(23-46)20-19-27(47)21-40)28-15-17-34(45-39(28)50-3)32-12-6-10-30(37(32)42)29-9-5-11-31(36(29)41)33-16-13-25(38(44-33)49-2)7-4-8-26-14-18-35(48)43-26/h5-6,9-13,15-17,24,26H,4,7-8,14,18-23H2,1-3H3,(H,43,48)/t24-,26+/m0/s1. The molecule has 1 spiro atoms. The molecule has 2 atom stereocenters. The fourth-order valence-electron chi connectivity index (χ4n) is 7.93. The summed E-state index contributed by atoms with van der Waals surface area (Å²) >= 11 is 14.3. The average Bonchev–Trinajstić information content (AvgIpc) is 3.72. The van der Waals surface area contributed by atoms with E-state index < -0.39 is 0 Å².